The van der Waals surface area contributed by atoms with Crippen LogP contribution in [0.5, 0.6) is 11.5 Å². The second kappa shape index (κ2) is 8.90. The molecule has 1 atom stereocenters. The predicted molar refractivity (Wildman–Crippen MR) is 117 cm³/mol. The van der Waals surface area contributed by atoms with Crippen molar-refractivity contribution in [3.05, 3.63) is 94.8 Å². The molecule has 4 rings (SSSR count). The Morgan fingerprint density at radius 3 is 2.47 bits per heavy atom. The van der Waals surface area contributed by atoms with E-state index in [1.165, 1.54) is 23.2 Å². The van der Waals surface area contributed by atoms with Gasteiger partial charge in [-0.3, -0.25) is 4.79 Å². The third-order valence-electron chi connectivity index (χ3n) is 5.34. The lowest BCUT2D eigenvalue weighted by Gasteiger charge is -2.16. The van der Waals surface area contributed by atoms with Crippen LogP contribution in [0.1, 0.15) is 33.0 Å². The van der Waals surface area contributed by atoms with Gasteiger partial charge in [0.25, 0.3) is 5.91 Å². The number of amides is 1. The second-order valence-electron chi connectivity index (χ2n) is 7.24. The summed E-state index contributed by atoms with van der Waals surface area (Å²) in [6, 6.07) is 20.3. The highest BCUT2D eigenvalue weighted by atomic mass is 19.1. The molecule has 0 fully saturated rings. The maximum atomic E-state index is 13.7. The van der Waals surface area contributed by atoms with Crippen LogP contribution in [-0.2, 0) is 0 Å². The Hall–Kier alpha value is -4.18. The minimum absolute atomic E-state index is 0.223. The molecule has 1 aliphatic rings. The zero-order valence-corrected chi connectivity index (χ0v) is 17.6. The molecule has 1 amide bonds. The van der Waals surface area contributed by atoms with Gasteiger partial charge in [-0.05, 0) is 54.1 Å². The first kappa shape index (κ1) is 21.1. The smallest absolute Gasteiger partial charge is 0.274 e. The molecule has 0 saturated carbocycles. The normalized spacial score (nSPS) is 15.1. The average molecular weight is 429 g/mol. The van der Waals surface area contributed by atoms with Crippen LogP contribution in [0.2, 0.25) is 0 Å². The van der Waals surface area contributed by atoms with Gasteiger partial charge in [0, 0.05) is 17.0 Å². The highest BCUT2D eigenvalue weighted by Crippen LogP contribution is 2.34. The molecule has 6 nitrogen and oxygen atoms in total. The molecule has 32 heavy (non-hydrogen) atoms. The van der Waals surface area contributed by atoms with Gasteiger partial charge in [0.05, 0.1) is 38.1 Å². The van der Waals surface area contributed by atoms with Gasteiger partial charge in [0.2, 0.25) is 0 Å². The highest BCUT2D eigenvalue weighted by Gasteiger charge is 2.33. The van der Waals surface area contributed by atoms with Crippen molar-refractivity contribution in [3.63, 3.8) is 0 Å². The fourth-order valence-electron chi connectivity index (χ4n) is 3.71. The first-order valence-corrected chi connectivity index (χ1v) is 9.92. The standard InChI is InChI=1S/C25H20FN3O3/c1-31-22-11-10-18(13-23(22)32-2)24-21(17-8-6-16(14-27)7-9-17)15-29(28-24)25(30)19-4-3-5-20(26)12-19/h3-13,21H,15H2,1-2H3. The summed E-state index contributed by atoms with van der Waals surface area (Å²) >= 11 is 0. The minimum atomic E-state index is -0.484. The SMILES string of the molecule is COc1ccc(C2=NN(C(=O)c3cccc(F)c3)CC2c2ccc(C#N)cc2)cc1OC. The molecule has 7 heteroatoms. The monoisotopic (exact) mass is 429 g/mol. The van der Waals surface area contributed by atoms with E-state index >= 15 is 0 Å². The first-order valence-electron chi connectivity index (χ1n) is 9.92. The van der Waals surface area contributed by atoms with Gasteiger partial charge in [-0.1, -0.05) is 18.2 Å². The molecular weight excluding hydrogens is 409 g/mol. The first-order chi connectivity index (χ1) is 15.5. The van der Waals surface area contributed by atoms with Crippen molar-refractivity contribution < 1.29 is 18.7 Å². The third-order valence-corrected chi connectivity index (χ3v) is 5.34. The van der Waals surface area contributed by atoms with E-state index in [9.17, 15) is 9.18 Å². The quantitative estimate of drug-likeness (QED) is 0.604. The number of ether oxygens (including phenoxy) is 2. The number of hydrazone groups is 1. The molecule has 0 spiro atoms. The molecule has 0 aliphatic carbocycles. The summed E-state index contributed by atoms with van der Waals surface area (Å²) in [4.78, 5) is 13.0. The highest BCUT2D eigenvalue weighted by molar-refractivity contribution is 6.08. The summed E-state index contributed by atoms with van der Waals surface area (Å²) in [5.41, 5.74) is 3.11. The summed E-state index contributed by atoms with van der Waals surface area (Å²) in [7, 11) is 3.11. The molecule has 3 aromatic carbocycles. The minimum Gasteiger partial charge on any atom is -0.493 e. The molecule has 160 valence electrons. The third kappa shape index (κ3) is 4.03. The molecule has 0 saturated heterocycles. The number of hydrogen-bond donors (Lipinski definition) is 0. The van der Waals surface area contributed by atoms with Crippen LogP contribution in [0.3, 0.4) is 0 Å². The fraction of sp³-hybridized carbons (Fsp3) is 0.160. The average Bonchev–Trinajstić information content (AvgIpc) is 3.28. The van der Waals surface area contributed by atoms with E-state index in [2.05, 4.69) is 11.2 Å². The van der Waals surface area contributed by atoms with E-state index in [1.54, 1.807) is 38.5 Å². The second-order valence-corrected chi connectivity index (χ2v) is 7.24. The zero-order chi connectivity index (χ0) is 22.7. The molecule has 3 aromatic rings. The van der Waals surface area contributed by atoms with Crippen molar-refractivity contribution in [1.82, 2.24) is 5.01 Å². The van der Waals surface area contributed by atoms with Gasteiger partial charge < -0.3 is 9.47 Å². The molecule has 1 heterocycles. The molecule has 0 N–H and O–H groups in total. The van der Waals surface area contributed by atoms with Crippen molar-refractivity contribution in [2.24, 2.45) is 5.10 Å². The Labute approximate surface area is 185 Å². The van der Waals surface area contributed by atoms with Gasteiger partial charge in [0.15, 0.2) is 11.5 Å². The number of hydrogen-bond acceptors (Lipinski definition) is 5. The fourth-order valence-corrected chi connectivity index (χ4v) is 3.71. The van der Waals surface area contributed by atoms with Crippen LogP contribution in [0, 0.1) is 17.1 Å². The number of rotatable bonds is 5. The molecule has 1 unspecified atom stereocenters. The lowest BCUT2D eigenvalue weighted by Crippen LogP contribution is -2.25. The van der Waals surface area contributed by atoms with E-state index < -0.39 is 11.7 Å². The van der Waals surface area contributed by atoms with Gasteiger partial charge in [-0.15, -0.1) is 0 Å². The topological polar surface area (TPSA) is 74.9 Å². The Balaban J connectivity index is 1.76. The van der Waals surface area contributed by atoms with Crippen molar-refractivity contribution in [1.29, 1.82) is 5.26 Å². The van der Waals surface area contributed by atoms with Crippen LogP contribution in [0.15, 0.2) is 71.8 Å². The lowest BCUT2D eigenvalue weighted by molar-refractivity contribution is 0.0774. The van der Waals surface area contributed by atoms with Crippen LogP contribution in [0.25, 0.3) is 0 Å². The molecule has 1 aliphatic heterocycles. The van der Waals surface area contributed by atoms with Gasteiger partial charge in [0.1, 0.15) is 5.82 Å². The number of methoxy groups -OCH3 is 2. The van der Waals surface area contributed by atoms with Gasteiger partial charge in [-0.25, -0.2) is 9.40 Å². The summed E-state index contributed by atoms with van der Waals surface area (Å²) in [5, 5.41) is 15.1. The number of halogens is 1. The maximum Gasteiger partial charge on any atom is 0.274 e. The number of nitrogens with zero attached hydrogens (tertiary/aromatic N) is 3. The van der Waals surface area contributed by atoms with Crippen molar-refractivity contribution in [3.8, 4) is 17.6 Å². The van der Waals surface area contributed by atoms with Crippen LogP contribution >= 0.6 is 0 Å². The summed E-state index contributed by atoms with van der Waals surface area (Å²) in [6.45, 7) is 0.283. The van der Waals surface area contributed by atoms with E-state index in [4.69, 9.17) is 14.7 Å². The molecule has 0 bridgehead atoms. The van der Waals surface area contributed by atoms with Gasteiger partial charge >= 0.3 is 0 Å². The van der Waals surface area contributed by atoms with Crippen LogP contribution in [-0.4, -0.2) is 37.4 Å². The lowest BCUT2D eigenvalue weighted by atomic mass is 9.90. The summed E-state index contributed by atoms with van der Waals surface area (Å²) in [5.74, 6) is 0.0124. The zero-order valence-electron chi connectivity index (χ0n) is 17.6. The van der Waals surface area contributed by atoms with Crippen molar-refractivity contribution in [2.75, 3.05) is 20.8 Å². The molecular formula is C25H20FN3O3. The van der Waals surface area contributed by atoms with Crippen molar-refractivity contribution in [2.45, 2.75) is 5.92 Å². The Morgan fingerprint density at radius 1 is 1.06 bits per heavy atom. The predicted octanol–water partition coefficient (Wildman–Crippen LogP) is 4.36. The molecule has 0 aromatic heterocycles. The van der Waals surface area contributed by atoms with Crippen LogP contribution in [0.4, 0.5) is 4.39 Å². The van der Waals surface area contributed by atoms with Gasteiger partial charge in [-0.2, -0.15) is 10.4 Å². The van der Waals surface area contributed by atoms with E-state index in [1.807, 2.05) is 24.3 Å². The van der Waals surface area contributed by atoms with E-state index in [0.717, 1.165) is 11.1 Å². The van der Waals surface area contributed by atoms with E-state index in [0.29, 0.717) is 22.8 Å². The molecule has 0 radical (unpaired) electrons. The maximum absolute atomic E-state index is 13.7. The summed E-state index contributed by atoms with van der Waals surface area (Å²) in [6.07, 6.45) is 0. The van der Waals surface area contributed by atoms with E-state index in [-0.39, 0.29) is 18.0 Å². The Kier molecular flexibility index (Phi) is 5.86. The summed E-state index contributed by atoms with van der Waals surface area (Å²) < 4.78 is 24.4. The number of carbonyl (C=O) groups is 1. The Morgan fingerprint density at radius 2 is 1.81 bits per heavy atom. The van der Waals surface area contributed by atoms with Crippen molar-refractivity contribution >= 4 is 11.6 Å². The van der Waals surface area contributed by atoms with Crippen LogP contribution < -0.4 is 9.47 Å². The Bertz CT molecular complexity index is 1230. The number of carbonyl (C=O) groups excluding carboxylic acids is 1. The largest absolute Gasteiger partial charge is 0.493 e. The number of benzene rings is 3. The number of nitriles is 1.